The molecule has 3 aromatic rings. The molecule has 0 atom stereocenters. The van der Waals surface area contributed by atoms with E-state index in [1.807, 2.05) is 31.2 Å². The van der Waals surface area contributed by atoms with Crippen molar-refractivity contribution >= 4 is 28.9 Å². The molecule has 0 aliphatic carbocycles. The van der Waals surface area contributed by atoms with Gasteiger partial charge in [0.05, 0.1) is 13.2 Å². The molecule has 7 heteroatoms. The van der Waals surface area contributed by atoms with Crippen molar-refractivity contribution in [3.8, 4) is 5.75 Å². The van der Waals surface area contributed by atoms with Gasteiger partial charge in [-0.3, -0.25) is 4.79 Å². The lowest BCUT2D eigenvalue weighted by atomic mass is 10.2. The summed E-state index contributed by atoms with van der Waals surface area (Å²) in [5.74, 6) is -0.310. The van der Waals surface area contributed by atoms with Crippen molar-refractivity contribution in [2.24, 2.45) is 0 Å². The van der Waals surface area contributed by atoms with E-state index in [0.29, 0.717) is 29.7 Å². The van der Waals surface area contributed by atoms with Crippen molar-refractivity contribution in [2.75, 3.05) is 19.8 Å². The van der Waals surface area contributed by atoms with Crippen LogP contribution >= 0.6 is 0 Å². The Bertz CT molecular complexity index is 1160. The van der Waals surface area contributed by atoms with Crippen LogP contribution in [-0.4, -0.2) is 31.6 Å². The van der Waals surface area contributed by atoms with Crippen molar-refractivity contribution in [1.82, 2.24) is 5.32 Å². The number of hydrogen-bond acceptors (Lipinski definition) is 6. The molecule has 0 spiro atoms. The van der Waals surface area contributed by atoms with Crippen LogP contribution in [0, 0.1) is 0 Å². The first-order valence-corrected chi connectivity index (χ1v) is 10.5. The number of carbonyl (C=O) groups is 2. The van der Waals surface area contributed by atoms with Crippen LogP contribution in [-0.2, 0) is 9.53 Å². The van der Waals surface area contributed by atoms with Crippen LogP contribution in [0.5, 0.6) is 5.75 Å². The molecule has 0 aliphatic heterocycles. The van der Waals surface area contributed by atoms with Gasteiger partial charge in [-0.25, -0.2) is 9.59 Å². The summed E-state index contributed by atoms with van der Waals surface area (Å²) in [6.45, 7) is 3.00. The van der Waals surface area contributed by atoms with Gasteiger partial charge in [0.2, 0.25) is 0 Å². The van der Waals surface area contributed by atoms with E-state index in [1.165, 1.54) is 12.1 Å². The van der Waals surface area contributed by atoms with Crippen LogP contribution in [0.3, 0.4) is 0 Å². The minimum atomic E-state index is -0.694. The number of hydrogen-bond donors (Lipinski definition) is 1. The second-order valence-electron chi connectivity index (χ2n) is 6.98. The monoisotopic (exact) mass is 435 g/mol. The largest absolute Gasteiger partial charge is 0.493 e. The number of benzene rings is 2. The zero-order chi connectivity index (χ0) is 22.8. The maximum atomic E-state index is 12.3. The lowest BCUT2D eigenvalue weighted by Gasteiger charge is -2.07. The highest BCUT2D eigenvalue weighted by atomic mass is 16.5. The Morgan fingerprint density at radius 1 is 1.06 bits per heavy atom. The number of carbonyl (C=O) groups excluding carboxylic acids is 2. The first kappa shape index (κ1) is 22.8. The fourth-order valence-corrected chi connectivity index (χ4v) is 2.93. The number of nitrogens with one attached hydrogen (secondary N) is 1. The van der Waals surface area contributed by atoms with Gasteiger partial charge in [0.15, 0.2) is 0 Å². The molecule has 0 unspecified atom stereocenters. The number of para-hydroxylation sites is 2. The fraction of sp³-hybridized carbons (Fsp3) is 0.240. The number of ether oxygens (including phenoxy) is 2. The maximum Gasteiger partial charge on any atom is 0.349 e. The lowest BCUT2D eigenvalue weighted by molar-refractivity contribution is -0.137. The van der Waals surface area contributed by atoms with Crippen molar-refractivity contribution in [3.63, 3.8) is 0 Å². The highest BCUT2D eigenvalue weighted by Crippen LogP contribution is 2.19. The second-order valence-corrected chi connectivity index (χ2v) is 6.98. The van der Waals surface area contributed by atoms with Gasteiger partial charge in [0.25, 0.3) is 5.91 Å². The standard InChI is InChI=1S/C25H25NO6/c1-2-15-30-21-10-5-3-8-18(21)12-13-23(27)31-16-7-14-26-24(28)20-17-19-9-4-6-11-22(19)32-25(20)29/h3-6,8-13,17H,2,7,14-16H2,1H3,(H,26,28)/b13-12+. The van der Waals surface area contributed by atoms with Gasteiger partial charge in [0.1, 0.15) is 16.9 Å². The number of rotatable bonds is 10. The zero-order valence-corrected chi connectivity index (χ0v) is 17.8. The number of amides is 1. The summed E-state index contributed by atoms with van der Waals surface area (Å²) < 4.78 is 16.0. The minimum Gasteiger partial charge on any atom is -0.493 e. The van der Waals surface area contributed by atoms with Gasteiger partial charge in [0, 0.05) is 23.6 Å². The van der Waals surface area contributed by atoms with Gasteiger partial charge >= 0.3 is 11.6 Å². The predicted octanol–water partition coefficient (Wildman–Crippen LogP) is 3.96. The first-order chi connectivity index (χ1) is 15.6. The van der Waals surface area contributed by atoms with E-state index in [9.17, 15) is 14.4 Å². The van der Waals surface area contributed by atoms with Crippen LogP contribution in [0.25, 0.3) is 17.0 Å². The second kappa shape index (κ2) is 11.5. The summed E-state index contributed by atoms with van der Waals surface area (Å²) in [6, 6.07) is 15.9. The summed E-state index contributed by atoms with van der Waals surface area (Å²) in [4.78, 5) is 36.2. The van der Waals surface area contributed by atoms with Gasteiger partial charge in [-0.1, -0.05) is 43.3 Å². The van der Waals surface area contributed by atoms with E-state index < -0.39 is 17.5 Å². The third-order valence-corrected chi connectivity index (χ3v) is 4.52. The molecule has 3 rings (SSSR count). The van der Waals surface area contributed by atoms with Crippen molar-refractivity contribution in [2.45, 2.75) is 19.8 Å². The molecule has 166 valence electrons. The molecule has 2 aromatic carbocycles. The third kappa shape index (κ3) is 6.31. The SMILES string of the molecule is CCCOc1ccccc1/C=C/C(=O)OCCCNC(=O)c1cc2ccccc2oc1=O. The smallest absolute Gasteiger partial charge is 0.349 e. The predicted molar refractivity (Wildman–Crippen MR) is 122 cm³/mol. The number of fused-ring (bicyclic) bond motifs is 1. The van der Waals surface area contributed by atoms with E-state index in [4.69, 9.17) is 13.9 Å². The molecular weight excluding hydrogens is 410 g/mol. The Balaban J connectivity index is 1.43. The van der Waals surface area contributed by atoms with Crippen molar-refractivity contribution in [1.29, 1.82) is 0 Å². The average Bonchev–Trinajstić information content (AvgIpc) is 2.81. The Labute approximate surface area is 185 Å². The Hall–Kier alpha value is -3.87. The summed E-state index contributed by atoms with van der Waals surface area (Å²) in [6.07, 6.45) is 4.28. The highest BCUT2D eigenvalue weighted by Gasteiger charge is 2.13. The van der Waals surface area contributed by atoms with Gasteiger partial charge in [-0.15, -0.1) is 0 Å². The molecular formula is C25H25NO6. The van der Waals surface area contributed by atoms with Gasteiger partial charge in [-0.05, 0) is 37.1 Å². The molecule has 7 nitrogen and oxygen atoms in total. The lowest BCUT2D eigenvalue weighted by Crippen LogP contribution is -2.29. The van der Waals surface area contributed by atoms with Crippen LogP contribution in [0.2, 0.25) is 0 Å². The van der Waals surface area contributed by atoms with E-state index in [0.717, 1.165) is 12.0 Å². The summed E-state index contributed by atoms with van der Waals surface area (Å²) in [7, 11) is 0. The van der Waals surface area contributed by atoms with Crippen LogP contribution < -0.4 is 15.7 Å². The van der Waals surface area contributed by atoms with Crippen LogP contribution in [0.1, 0.15) is 35.7 Å². The molecule has 1 heterocycles. The molecule has 0 saturated heterocycles. The summed E-state index contributed by atoms with van der Waals surface area (Å²) in [5.41, 5.74) is 0.460. The third-order valence-electron chi connectivity index (χ3n) is 4.52. The van der Waals surface area contributed by atoms with E-state index in [2.05, 4.69) is 5.32 Å². The summed E-state index contributed by atoms with van der Waals surface area (Å²) >= 11 is 0. The van der Waals surface area contributed by atoms with Crippen LogP contribution in [0.4, 0.5) is 0 Å². The highest BCUT2D eigenvalue weighted by molar-refractivity contribution is 5.96. The van der Waals surface area contributed by atoms with E-state index in [1.54, 1.807) is 30.3 Å². The Morgan fingerprint density at radius 2 is 1.84 bits per heavy atom. The topological polar surface area (TPSA) is 94.8 Å². The molecule has 1 amide bonds. The quantitative estimate of drug-likeness (QED) is 0.224. The van der Waals surface area contributed by atoms with Gasteiger partial charge in [-0.2, -0.15) is 0 Å². The fourth-order valence-electron chi connectivity index (χ4n) is 2.93. The van der Waals surface area contributed by atoms with Gasteiger partial charge < -0.3 is 19.2 Å². The molecule has 0 fully saturated rings. The number of esters is 1. The molecule has 0 radical (unpaired) electrons. The Morgan fingerprint density at radius 3 is 2.69 bits per heavy atom. The molecule has 0 aliphatic rings. The van der Waals surface area contributed by atoms with Crippen molar-refractivity contribution < 1.29 is 23.5 Å². The minimum absolute atomic E-state index is 0.0624. The molecule has 0 saturated carbocycles. The average molecular weight is 435 g/mol. The first-order valence-electron chi connectivity index (χ1n) is 10.5. The Kier molecular flexibility index (Phi) is 8.20. The van der Waals surface area contributed by atoms with E-state index >= 15 is 0 Å². The summed E-state index contributed by atoms with van der Waals surface area (Å²) in [5, 5.41) is 3.30. The molecule has 0 bridgehead atoms. The van der Waals surface area contributed by atoms with E-state index in [-0.39, 0.29) is 18.7 Å². The molecule has 1 N–H and O–H groups in total. The normalized spacial score (nSPS) is 10.9. The zero-order valence-electron chi connectivity index (χ0n) is 17.8. The van der Waals surface area contributed by atoms with Crippen molar-refractivity contribution in [3.05, 3.63) is 82.2 Å². The van der Waals surface area contributed by atoms with Crippen LogP contribution in [0.15, 0.2) is 69.9 Å². The maximum absolute atomic E-state index is 12.3. The molecule has 32 heavy (non-hydrogen) atoms. The molecule has 1 aromatic heterocycles.